The van der Waals surface area contributed by atoms with Gasteiger partial charge in [-0.05, 0) is 6.92 Å². The molecule has 10 heteroatoms. The Morgan fingerprint density at radius 3 is 2.26 bits per heavy atom. The van der Waals surface area contributed by atoms with Crippen LogP contribution in [0.5, 0.6) is 0 Å². The Bertz CT molecular complexity index is 506. The summed E-state index contributed by atoms with van der Waals surface area (Å²) in [6.07, 6.45) is -3.40. The quantitative estimate of drug-likeness (QED) is 0.876. The SMILES string of the molecule is CC(NC(=O)c1cnc(Cl)cn1)(C(=O)O)C(F)(F)F. The average molecular weight is 298 g/mol. The van der Waals surface area contributed by atoms with Gasteiger partial charge in [0, 0.05) is 0 Å². The number of nitrogens with zero attached hydrogens (tertiary/aromatic N) is 2. The van der Waals surface area contributed by atoms with Gasteiger partial charge in [-0.2, -0.15) is 13.2 Å². The van der Waals surface area contributed by atoms with Crippen molar-refractivity contribution in [2.75, 3.05) is 0 Å². The van der Waals surface area contributed by atoms with Gasteiger partial charge in [0.1, 0.15) is 10.8 Å². The number of alkyl halides is 3. The number of carbonyl (C=O) groups excluding carboxylic acids is 1. The van der Waals surface area contributed by atoms with E-state index in [2.05, 4.69) is 9.97 Å². The molecule has 19 heavy (non-hydrogen) atoms. The Balaban J connectivity index is 3.02. The first-order valence-corrected chi connectivity index (χ1v) is 5.06. The van der Waals surface area contributed by atoms with Gasteiger partial charge in [0.2, 0.25) is 5.54 Å². The van der Waals surface area contributed by atoms with E-state index in [4.69, 9.17) is 16.7 Å². The fourth-order valence-electron chi connectivity index (χ4n) is 0.966. The molecule has 1 aromatic heterocycles. The minimum absolute atomic E-state index is 0.0617. The highest BCUT2D eigenvalue weighted by Crippen LogP contribution is 2.30. The molecule has 0 saturated carbocycles. The molecule has 1 atom stereocenters. The highest BCUT2D eigenvalue weighted by atomic mass is 35.5. The van der Waals surface area contributed by atoms with Crippen LogP contribution in [0.2, 0.25) is 5.15 Å². The van der Waals surface area contributed by atoms with E-state index in [9.17, 15) is 22.8 Å². The zero-order valence-electron chi connectivity index (χ0n) is 9.32. The van der Waals surface area contributed by atoms with E-state index in [1.807, 2.05) is 0 Å². The molecule has 1 unspecified atom stereocenters. The Kier molecular flexibility index (Phi) is 3.99. The van der Waals surface area contributed by atoms with Crippen molar-refractivity contribution >= 4 is 23.5 Å². The summed E-state index contributed by atoms with van der Waals surface area (Å²) in [6.45, 7) is 0.330. The van der Waals surface area contributed by atoms with Gasteiger partial charge < -0.3 is 10.4 Å². The molecule has 0 spiro atoms. The molecule has 0 radical (unpaired) electrons. The van der Waals surface area contributed by atoms with E-state index in [1.54, 1.807) is 0 Å². The molecular formula is C9H7ClF3N3O3. The second-order valence-corrected chi connectivity index (χ2v) is 3.99. The van der Waals surface area contributed by atoms with Gasteiger partial charge in [-0.15, -0.1) is 0 Å². The number of amides is 1. The molecule has 1 heterocycles. The first-order valence-electron chi connectivity index (χ1n) is 4.68. The summed E-state index contributed by atoms with van der Waals surface area (Å²) in [5.41, 5.74) is -3.91. The normalized spacial score (nSPS) is 14.6. The predicted octanol–water partition coefficient (Wildman–Crippen LogP) is 1.27. The van der Waals surface area contributed by atoms with Crippen molar-refractivity contribution in [3.8, 4) is 0 Å². The molecule has 2 N–H and O–H groups in total. The van der Waals surface area contributed by atoms with E-state index < -0.39 is 29.3 Å². The van der Waals surface area contributed by atoms with Gasteiger partial charge >= 0.3 is 12.1 Å². The Morgan fingerprint density at radius 1 is 1.32 bits per heavy atom. The van der Waals surface area contributed by atoms with Gasteiger partial charge in [-0.1, -0.05) is 11.6 Å². The number of carbonyl (C=O) groups is 2. The van der Waals surface area contributed by atoms with Crippen LogP contribution >= 0.6 is 11.6 Å². The molecule has 0 fully saturated rings. The number of hydrogen-bond acceptors (Lipinski definition) is 4. The summed E-state index contributed by atoms with van der Waals surface area (Å²) in [5.74, 6) is -3.57. The van der Waals surface area contributed by atoms with Gasteiger partial charge in [-0.25, -0.2) is 14.8 Å². The van der Waals surface area contributed by atoms with Crippen LogP contribution < -0.4 is 5.32 Å². The fraction of sp³-hybridized carbons (Fsp3) is 0.333. The van der Waals surface area contributed by atoms with Crippen molar-refractivity contribution in [3.05, 3.63) is 23.2 Å². The van der Waals surface area contributed by atoms with Crippen LogP contribution in [0, 0.1) is 0 Å². The molecule has 0 aliphatic rings. The lowest BCUT2D eigenvalue weighted by molar-refractivity contribution is -0.203. The molecule has 1 amide bonds. The van der Waals surface area contributed by atoms with Gasteiger partial charge in [0.05, 0.1) is 12.4 Å². The van der Waals surface area contributed by atoms with Crippen molar-refractivity contribution in [1.82, 2.24) is 15.3 Å². The first-order chi connectivity index (χ1) is 8.58. The number of hydrogen-bond donors (Lipinski definition) is 2. The van der Waals surface area contributed by atoms with E-state index in [0.717, 1.165) is 12.4 Å². The zero-order valence-corrected chi connectivity index (χ0v) is 10.1. The maximum Gasteiger partial charge on any atom is 0.422 e. The Morgan fingerprint density at radius 2 is 1.89 bits per heavy atom. The third-order valence-corrected chi connectivity index (χ3v) is 2.41. The van der Waals surface area contributed by atoms with Crippen LogP contribution in [0.4, 0.5) is 13.2 Å². The Labute approximate surface area is 109 Å². The predicted molar refractivity (Wildman–Crippen MR) is 56.6 cm³/mol. The highest BCUT2D eigenvalue weighted by molar-refractivity contribution is 6.29. The van der Waals surface area contributed by atoms with E-state index in [1.165, 1.54) is 5.32 Å². The van der Waals surface area contributed by atoms with Crippen LogP contribution in [-0.4, -0.2) is 38.7 Å². The number of aliphatic carboxylic acids is 1. The number of carboxylic acid groups (broad SMARTS) is 1. The largest absolute Gasteiger partial charge is 0.479 e. The Hall–Kier alpha value is -1.90. The molecule has 0 bridgehead atoms. The average Bonchev–Trinajstić information content (AvgIpc) is 2.27. The summed E-state index contributed by atoms with van der Waals surface area (Å²) in [4.78, 5) is 29.1. The lowest BCUT2D eigenvalue weighted by Crippen LogP contribution is -2.62. The van der Waals surface area contributed by atoms with E-state index in [0.29, 0.717) is 6.92 Å². The standard InChI is InChI=1S/C9H7ClF3N3O3/c1-8(7(18)19,9(11,12)13)16-6(17)4-2-15-5(10)3-14-4/h2-3H,1H3,(H,16,17)(H,18,19). The van der Waals surface area contributed by atoms with Crippen LogP contribution in [0.15, 0.2) is 12.4 Å². The number of nitrogens with one attached hydrogen (secondary N) is 1. The van der Waals surface area contributed by atoms with E-state index in [-0.39, 0.29) is 5.15 Å². The molecule has 0 aromatic carbocycles. The van der Waals surface area contributed by atoms with Gasteiger partial charge in [-0.3, -0.25) is 4.79 Å². The fourth-order valence-corrected chi connectivity index (χ4v) is 1.06. The molecular weight excluding hydrogens is 291 g/mol. The minimum atomic E-state index is -5.17. The van der Waals surface area contributed by atoms with Crippen molar-refractivity contribution in [3.63, 3.8) is 0 Å². The van der Waals surface area contributed by atoms with Crippen LogP contribution in [0.1, 0.15) is 17.4 Å². The van der Waals surface area contributed by atoms with Gasteiger partial charge in [0.25, 0.3) is 5.91 Å². The maximum atomic E-state index is 12.6. The summed E-state index contributed by atoms with van der Waals surface area (Å²) >= 11 is 5.39. The highest BCUT2D eigenvalue weighted by Gasteiger charge is 2.58. The summed E-state index contributed by atoms with van der Waals surface area (Å²) in [5, 5.41) is 9.91. The van der Waals surface area contributed by atoms with Crippen LogP contribution in [0.3, 0.4) is 0 Å². The van der Waals surface area contributed by atoms with Crippen molar-refractivity contribution in [1.29, 1.82) is 0 Å². The lowest BCUT2D eigenvalue weighted by Gasteiger charge is -2.28. The first kappa shape index (κ1) is 15.2. The van der Waals surface area contributed by atoms with Gasteiger partial charge in [0.15, 0.2) is 0 Å². The summed E-state index contributed by atoms with van der Waals surface area (Å²) in [6, 6.07) is 0. The third kappa shape index (κ3) is 3.11. The number of aromatic nitrogens is 2. The van der Waals surface area contributed by atoms with E-state index >= 15 is 0 Å². The van der Waals surface area contributed by atoms with Crippen molar-refractivity contribution in [2.45, 2.75) is 18.6 Å². The molecule has 0 aliphatic heterocycles. The van der Waals surface area contributed by atoms with Crippen LogP contribution in [0.25, 0.3) is 0 Å². The molecule has 104 valence electrons. The maximum absolute atomic E-state index is 12.6. The topological polar surface area (TPSA) is 92.2 Å². The molecule has 1 rings (SSSR count). The summed E-state index contributed by atoms with van der Waals surface area (Å²) < 4.78 is 37.9. The van der Waals surface area contributed by atoms with Crippen LogP contribution in [-0.2, 0) is 4.79 Å². The van der Waals surface area contributed by atoms with Crippen molar-refractivity contribution in [2.24, 2.45) is 0 Å². The summed E-state index contributed by atoms with van der Waals surface area (Å²) in [7, 11) is 0. The molecule has 0 aliphatic carbocycles. The lowest BCUT2D eigenvalue weighted by atomic mass is 10.0. The second kappa shape index (κ2) is 5.00. The monoisotopic (exact) mass is 297 g/mol. The third-order valence-electron chi connectivity index (χ3n) is 2.21. The van der Waals surface area contributed by atoms with Crippen molar-refractivity contribution < 1.29 is 27.9 Å². The molecule has 1 aromatic rings. The number of rotatable bonds is 3. The zero-order chi connectivity index (χ0) is 14.8. The number of halogens is 4. The molecule has 0 saturated heterocycles. The number of carboxylic acids is 1. The molecule has 6 nitrogen and oxygen atoms in total. The second-order valence-electron chi connectivity index (χ2n) is 3.61. The smallest absolute Gasteiger partial charge is 0.422 e. The minimum Gasteiger partial charge on any atom is -0.479 e.